The van der Waals surface area contributed by atoms with Crippen molar-refractivity contribution < 1.29 is 4.74 Å². The summed E-state index contributed by atoms with van der Waals surface area (Å²) in [6.07, 6.45) is 3.75. The number of rotatable bonds is 6. The number of pyridine rings is 1. The number of piperazine rings is 1. The molecule has 1 aliphatic rings. The number of hydrogen-bond donors (Lipinski definition) is 0. The van der Waals surface area contributed by atoms with Gasteiger partial charge in [-0.3, -0.25) is 5.01 Å². The van der Waals surface area contributed by atoms with Crippen LogP contribution in [0.25, 0.3) is 0 Å². The summed E-state index contributed by atoms with van der Waals surface area (Å²) in [5.74, 6) is 1.89. The first-order chi connectivity index (χ1) is 13.9. The van der Waals surface area contributed by atoms with Gasteiger partial charge >= 0.3 is 0 Å². The monoisotopic (exact) mass is 372 g/mol. The highest BCUT2D eigenvalue weighted by Crippen LogP contribution is 2.15. The molecule has 0 bridgehead atoms. The molecule has 0 aliphatic carbocycles. The van der Waals surface area contributed by atoms with E-state index in [-0.39, 0.29) is 0 Å². The molecular weight excluding hydrogens is 348 g/mol. The van der Waals surface area contributed by atoms with Gasteiger partial charge in [0.1, 0.15) is 18.2 Å². The normalized spacial score (nSPS) is 14.4. The van der Waals surface area contributed by atoms with Crippen LogP contribution in [0.4, 0.5) is 5.82 Å². The summed E-state index contributed by atoms with van der Waals surface area (Å²) in [4.78, 5) is 6.72. The fraction of sp³-hybridized carbons (Fsp3) is 0.217. The zero-order valence-corrected chi connectivity index (χ0v) is 15.8. The number of aromatic nitrogens is 1. The lowest BCUT2D eigenvalue weighted by Gasteiger charge is -2.33. The first kappa shape index (κ1) is 18.0. The van der Waals surface area contributed by atoms with Crippen molar-refractivity contribution in [3.05, 3.63) is 90.1 Å². The summed E-state index contributed by atoms with van der Waals surface area (Å²) in [5, 5.41) is 6.75. The molecule has 1 saturated heterocycles. The minimum Gasteiger partial charge on any atom is -0.489 e. The van der Waals surface area contributed by atoms with Gasteiger partial charge in [-0.05, 0) is 35.4 Å². The summed E-state index contributed by atoms with van der Waals surface area (Å²) in [6.45, 7) is 4.19. The Morgan fingerprint density at radius 2 is 1.71 bits per heavy atom. The maximum Gasteiger partial charge on any atom is 0.128 e. The number of nitrogens with zero attached hydrogens (tertiary/aromatic N) is 4. The van der Waals surface area contributed by atoms with E-state index in [1.807, 2.05) is 67.0 Å². The molecule has 4 rings (SSSR count). The maximum absolute atomic E-state index is 5.90. The first-order valence-corrected chi connectivity index (χ1v) is 9.58. The largest absolute Gasteiger partial charge is 0.489 e. The predicted molar refractivity (Wildman–Crippen MR) is 113 cm³/mol. The van der Waals surface area contributed by atoms with Crippen LogP contribution in [0, 0.1) is 0 Å². The Balaban J connectivity index is 1.30. The van der Waals surface area contributed by atoms with E-state index in [1.54, 1.807) is 0 Å². The highest BCUT2D eigenvalue weighted by molar-refractivity contribution is 5.80. The Labute approximate surface area is 165 Å². The third-order valence-corrected chi connectivity index (χ3v) is 4.71. The van der Waals surface area contributed by atoms with Gasteiger partial charge in [0.25, 0.3) is 0 Å². The van der Waals surface area contributed by atoms with Crippen LogP contribution in [-0.2, 0) is 6.61 Å². The molecule has 5 nitrogen and oxygen atoms in total. The Morgan fingerprint density at radius 3 is 2.50 bits per heavy atom. The minimum atomic E-state index is 0.566. The second-order valence-corrected chi connectivity index (χ2v) is 6.72. The van der Waals surface area contributed by atoms with Gasteiger partial charge in [-0.15, -0.1) is 0 Å². The van der Waals surface area contributed by atoms with Gasteiger partial charge in [-0.25, -0.2) is 4.98 Å². The molecule has 0 unspecified atom stereocenters. The average Bonchev–Trinajstić information content (AvgIpc) is 2.78. The van der Waals surface area contributed by atoms with Crippen LogP contribution in [-0.4, -0.2) is 42.4 Å². The van der Waals surface area contributed by atoms with Crippen molar-refractivity contribution in [3.63, 3.8) is 0 Å². The third-order valence-electron chi connectivity index (χ3n) is 4.71. The molecule has 1 aliphatic heterocycles. The number of anilines is 1. The van der Waals surface area contributed by atoms with E-state index in [1.165, 1.54) is 0 Å². The van der Waals surface area contributed by atoms with Crippen molar-refractivity contribution in [3.8, 4) is 5.75 Å². The highest BCUT2D eigenvalue weighted by Gasteiger charge is 2.16. The van der Waals surface area contributed by atoms with Crippen molar-refractivity contribution in [2.24, 2.45) is 5.10 Å². The van der Waals surface area contributed by atoms with Gasteiger partial charge in [0.2, 0.25) is 0 Å². The van der Waals surface area contributed by atoms with E-state index in [0.717, 1.165) is 48.9 Å². The van der Waals surface area contributed by atoms with Crippen LogP contribution in [0.5, 0.6) is 5.75 Å². The Morgan fingerprint density at radius 1 is 0.893 bits per heavy atom. The fourth-order valence-electron chi connectivity index (χ4n) is 3.16. The van der Waals surface area contributed by atoms with Gasteiger partial charge in [-0.2, -0.15) is 5.10 Å². The van der Waals surface area contributed by atoms with Gasteiger partial charge in [0.15, 0.2) is 0 Å². The molecule has 0 spiro atoms. The number of hydrogen-bond acceptors (Lipinski definition) is 5. The quantitative estimate of drug-likeness (QED) is 0.617. The molecule has 2 heterocycles. The number of benzene rings is 2. The van der Waals surface area contributed by atoms with Gasteiger partial charge in [0, 0.05) is 19.3 Å². The SMILES string of the molecule is C(=N\N1CCN(c2ccccn2)CC1)/c1cccc(OCc2ccccc2)c1. The fourth-order valence-corrected chi connectivity index (χ4v) is 3.16. The van der Waals surface area contributed by atoms with Crippen LogP contribution < -0.4 is 9.64 Å². The molecule has 1 fully saturated rings. The molecule has 0 saturated carbocycles. The van der Waals surface area contributed by atoms with Gasteiger partial charge in [-0.1, -0.05) is 48.5 Å². The third kappa shape index (κ3) is 4.88. The number of hydrazone groups is 1. The van der Waals surface area contributed by atoms with Crippen LogP contribution in [0.2, 0.25) is 0 Å². The van der Waals surface area contributed by atoms with Crippen molar-refractivity contribution >= 4 is 12.0 Å². The van der Waals surface area contributed by atoms with E-state index < -0.39 is 0 Å². The standard InChI is InChI=1S/C23H24N4O/c1-2-7-20(8-3-1)19-28-22-10-6-9-21(17-22)18-25-27-15-13-26(14-16-27)23-11-4-5-12-24-23/h1-12,17-18H,13-16,19H2/b25-18+. The number of ether oxygens (including phenoxy) is 1. The lowest BCUT2D eigenvalue weighted by molar-refractivity contribution is 0.271. The lowest BCUT2D eigenvalue weighted by Crippen LogP contribution is -2.44. The molecule has 3 aromatic rings. The second-order valence-electron chi connectivity index (χ2n) is 6.72. The topological polar surface area (TPSA) is 41.0 Å². The molecule has 0 N–H and O–H groups in total. The van der Waals surface area contributed by atoms with Crippen LogP contribution in [0.3, 0.4) is 0 Å². The van der Waals surface area contributed by atoms with Crippen molar-refractivity contribution in [2.75, 3.05) is 31.1 Å². The van der Waals surface area contributed by atoms with Crippen molar-refractivity contribution in [1.29, 1.82) is 0 Å². The van der Waals surface area contributed by atoms with E-state index in [2.05, 4.69) is 38.2 Å². The van der Waals surface area contributed by atoms with Gasteiger partial charge < -0.3 is 9.64 Å². The summed E-state index contributed by atoms with van der Waals surface area (Å²) >= 11 is 0. The van der Waals surface area contributed by atoms with Crippen molar-refractivity contribution in [2.45, 2.75) is 6.61 Å². The van der Waals surface area contributed by atoms with E-state index >= 15 is 0 Å². The summed E-state index contributed by atoms with van der Waals surface area (Å²) in [6, 6.07) is 24.3. The summed E-state index contributed by atoms with van der Waals surface area (Å²) in [7, 11) is 0. The van der Waals surface area contributed by atoms with Crippen LogP contribution >= 0.6 is 0 Å². The second kappa shape index (κ2) is 9.04. The molecule has 0 amide bonds. The van der Waals surface area contributed by atoms with Gasteiger partial charge in [0.05, 0.1) is 19.3 Å². The first-order valence-electron chi connectivity index (χ1n) is 9.58. The zero-order valence-electron chi connectivity index (χ0n) is 15.8. The minimum absolute atomic E-state index is 0.566. The van der Waals surface area contributed by atoms with E-state index in [0.29, 0.717) is 6.61 Å². The van der Waals surface area contributed by atoms with Crippen molar-refractivity contribution in [1.82, 2.24) is 9.99 Å². The van der Waals surface area contributed by atoms with E-state index in [4.69, 9.17) is 4.74 Å². The summed E-state index contributed by atoms with van der Waals surface area (Å²) in [5.41, 5.74) is 2.20. The molecule has 0 radical (unpaired) electrons. The maximum atomic E-state index is 5.90. The Hall–Kier alpha value is -3.34. The molecule has 142 valence electrons. The molecule has 28 heavy (non-hydrogen) atoms. The van der Waals surface area contributed by atoms with Crippen LogP contribution in [0.15, 0.2) is 84.1 Å². The molecule has 5 heteroatoms. The predicted octanol–water partition coefficient (Wildman–Crippen LogP) is 3.82. The Kier molecular flexibility index (Phi) is 5.83. The molecule has 1 aromatic heterocycles. The zero-order chi connectivity index (χ0) is 19.0. The Bertz CT molecular complexity index is 891. The molecule has 0 atom stereocenters. The lowest BCUT2D eigenvalue weighted by atomic mass is 10.2. The van der Waals surface area contributed by atoms with E-state index in [9.17, 15) is 0 Å². The summed E-state index contributed by atoms with van der Waals surface area (Å²) < 4.78 is 5.90. The average molecular weight is 372 g/mol. The molecular formula is C23H24N4O. The molecule has 2 aromatic carbocycles. The highest BCUT2D eigenvalue weighted by atomic mass is 16.5. The van der Waals surface area contributed by atoms with Crippen LogP contribution in [0.1, 0.15) is 11.1 Å². The smallest absolute Gasteiger partial charge is 0.128 e.